The van der Waals surface area contributed by atoms with Crippen LogP contribution in [-0.4, -0.2) is 12.6 Å². The lowest BCUT2D eigenvalue weighted by molar-refractivity contribution is 0.480. The Bertz CT molecular complexity index is 617. The summed E-state index contributed by atoms with van der Waals surface area (Å²) in [6, 6.07) is 17.2. The molecule has 21 heavy (non-hydrogen) atoms. The average molecular weight is 278 g/mol. The van der Waals surface area contributed by atoms with Gasteiger partial charge >= 0.3 is 0 Å². The molecule has 0 bridgehead atoms. The molecule has 2 aromatic carbocycles. The minimum Gasteiger partial charge on any atom is -0.398 e. The summed E-state index contributed by atoms with van der Waals surface area (Å²) in [6.45, 7) is 0.914. The van der Waals surface area contributed by atoms with Gasteiger partial charge in [-0.05, 0) is 42.0 Å². The van der Waals surface area contributed by atoms with Crippen molar-refractivity contribution in [3.8, 4) is 0 Å². The van der Waals surface area contributed by atoms with Gasteiger partial charge in [-0.1, -0.05) is 54.6 Å². The fourth-order valence-electron chi connectivity index (χ4n) is 3.00. The Morgan fingerprint density at radius 2 is 1.95 bits per heavy atom. The molecule has 3 rings (SSSR count). The normalized spacial score (nSPS) is 17.8. The maximum atomic E-state index is 6.04. The van der Waals surface area contributed by atoms with Crippen molar-refractivity contribution in [2.75, 3.05) is 12.3 Å². The summed E-state index contributed by atoms with van der Waals surface area (Å²) in [7, 11) is 0. The van der Waals surface area contributed by atoms with Crippen LogP contribution in [0.25, 0.3) is 6.08 Å². The predicted molar refractivity (Wildman–Crippen MR) is 90.1 cm³/mol. The summed E-state index contributed by atoms with van der Waals surface area (Å²) in [6.07, 6.45) is 7.70. The van der Waals surface area contributed by atoms with Crippen molar-refractivity contribution < 1.29 is 0 Å². The quantitative estimate of drug-likeness (QED) is 0.841. The van der Waals surface area contributed by atoms with E-state index >= 15 is 0 Å². The molecule has 2 nitrogen and oxygen atoms in total. The molecular formula is C19H22N2. The second kappa shape index (κ2) is 6.59. The van der Waals surface area contributed by atoms with Gasteiger partial charge in [-0.25, -0.2) is 0 Å². The van der Waals surface area contributed by atoms with Crippen LogP contribution in [0.4, 0.5) is 5.69 Å². The maximum Gasteiger partial charge on any atom is 0.0349 e. The number of fused-ring (bicyclic) bond motifs is 1. The number of hydrogen-bond acceptors (Lipinski definition) is 2. The lowest BCUT2D eigenvalue weighted by atomic mass is 9.87. The monoisotopic (exact) mass is 278 g/mol. The highest BCUT2D eigenvalue weighted by molar-refractivity contribution is 5.52. The molecule has 1 atom stereocenters. The van der Waals surface area contributed by atoms with E-state index in [4.69, 9.17) is 5.73 Å². The Kier molecular flexibility index (Phi) is 4.37. The highest BCUT2D eigenvalue weighted by atomic mass is 14.9. The van der Waals surface area contributed by atoms with Crippen LogP contribution in [0.3, 0.4) is 0 Å². The molecule has 0 saturated heterocycles. The molecule has 0 heterocycles. The van der Waals surface area contributed by atoms with Gasteiger partial charge < -0.3 is 11.1 Å². The van der Waals surface area contributed by atoms with E-state index in [0.29, 0.717) is 6.04 Å². The lowest BCUT2D eigenvalue weighted by Gasteiger charge is -2.26. The fraction of sp³-hybridized carbons (Fsp3) is 0.263. The third-order valence-electron chi connectivity index (χ3n) is 4.15. The van der Waals surface area contributed by atoms with Crippen LogP contribution in [0.1, 0.15) is 23.1 Å². The molecule has 1 aliphatic carbocycles. The molecule has 2 heteroatoms. The van der Waals surface area contributed by atoms with Crippen molar-refractivity contribution in [3.05, 3.63) is 71.3 Å². The zero-order valence-electron chi connectivity index (χ0n) is 12.3. The maximum absolute atomic E-state index is 6.04. The fourth-order valence-corrected chi connectivity index (χ4v) is 3.00. The molecule has 1 unspecified atom stereocenters. The summed E-state index contributed by atoms with van der Waals surface area (Å²) >= 11 is 0. The largest absolute Gasteiger partial charge is 0.398 e. The zero-order chi connectivity index (χ0) is 14.5. The van der Waals surface area contributed by atoms with Gasteiger partial charge in [-0.15, -0.1) is 0 Å². The minimum absolute atomic E-state index is 0.555. The summed E-state index contributed by atoms with van der Waals surface area (Å²) in [5.74, 6) is 0. The Morgan fingerprint density at radius 1 is 1.10 bits per heavy atom. The van der Waals surface area contributed by atoms with E-state index in [1.807, 2.05) is 12.1 Å². The average Bonchev–Trinajstić information content (AvgIpc) is 2.53. The summed E-state index contributed by atoms with van der Waals surface area (Å²) < 4.78 is 0. The SMILES string of the molecule is Nc1cccc2c1CCC(NC/C=C/c1ccccc1)C2. The molecule has 0 fully saturated rings. The highest BCUT2D eigenvalue weighted by Crippen LogP contribution is 2.26. The van der Waals surface area contributed by atoms with Gasteiger partial charge in [0, 0.05) is 18.3 Å². The second-order valence-electron chi connectivity index (χ2n) is 5.65. The Balaban J connectivity index is 1.52. The van der Waals surface area contributed by atoms with Gasteiger partial charge in [0.1, 0.15) is 0 Å². The van der Waals surface area contributed by atoms with E-state index in [1.165, 1.54) is 23.1 Å². The third kappa shape index (κ3) is 3.53. The Morgan fingerprint density at radius 3 is 2.81 bits per heavy atom. The molecule has 0 aliphatic heterocycles. The van der Waals surface area contributed by atoms with Crippen molar-refractivity contribution >= 4 is 11.8 Å². The van der Waals surface area contributed by atoms with Gasteiger partial charge in [0.25, 0.3) is 0 Å². The molecule has 108 valence electrons. The number of hydrogen-bond donors (Lipinski definition) is 2. The number of rotatable bonds is 4. The number of anilines is 1. The molecule has 2 aromatic rings. The molecule has 0 saturated carbocycles. The first-order chi connectivity index (χ1) is 10.3. The van der Waals surface area contributed by atoms with Gasteiger partial charge in [0.05, 0.1) is 0 Å². The first kappa shape index (κ1) is 13.9. The molecule has 0 amide bonds. The van der Waals surface area contributed by atoms with E-state index in [2.05, 4.69) is 53.9 Å². The Labute approximate surface area is 126 Å². The van der Waals surface area contributed by atoms with Crippen molar-refractivity contribution in [3.63, 3.8) is 0 Å². The van der Waals surface area contributed by atoms with Crippen LogP contribution in [0.2, 0.25) is 0 Å². The second-order valence-corrected chi connectivity index (χ2v) is 5.65. The zero-order valence-corrected chi connectivity index (χ0v) is 12.3. The minimum atomic E-state index is 0.555. The topological polar surface area (TPSA) is 38.0 Å². The molecule has 0 spiro atoms. The van der Waals surface area contributed by atoms with Crippen molar-refractivity contribution in [2.45, 2.75) is 25.3 Å². The van der Waals surface area contributed by atoms with E-state index in [0.717, 1.165) is 25.1 Å². The van der Waals surface area contributed by atoms with Crippen LogP contribution in [0.15, 0.2) is 54.6 Å². The molecular weight excluding hydrogens is 256 g/mol. The van der Waals surface area contributed by atoms with Crippen molar-refractivity contribution in [2.24, 2.45) is 0 Å². The first-order valence-corrected chi connectivity index (χ1v) is 7.64. The van der Waals surface area contributed by atoms with Gasteiger partial charge in [0.15, 0.2) is 0 Å². The van der Waals surface area contributed by atoms with Gasteiger partial charge in [-0.2, -0.15) is 0 Å². The summed E-state index contributed by atoms with van der Waals surface area (Å²) in [5.41, 5.74) is 11.0. The molecule has 1 aliphatic rings. The summed E-state index contributed by atoms with van der Waals surface area (Å²) in [5, 5.41) is 3.62. The molecule has 0 aromatic heterocycles. The third-order valence-corrected chi connectivity index (χ3v) is 4.15. The number of benzene rings is 2. The number of nitrogens with two attached hydrogens (primary N) is 1. The van der Waals surface area contributed by atoms with E-state index in [-0.39, 0.29) is 0 Å². The van der Waals surface area contributed by atoms with Crippen LogP contribution < -0.4 is 11.1 Å². The molecule has 3 N–H and O–H groups in total. The smallest absolute Gasteiger partial charge is 0.0349 e. The van der Waals surface area contributed by atoms with Crippen LogP contribution in [-0.2, 0) is 12.8 Å². The van der Waals surface area contributed by atoms with Crippen molar-refractivity contribution in [1.29, 1.82) is 0 Å². The Hall–Kier alpha value is -2.06. The summed E-state index contributed by atoms with van der Waals surface area (Å²) in [4.78, 5) is 0. The van der Waals surface area contributed by atoms with Gasteiger partial charge in [-0.3, -0.25) is 0 Å². The van der Waals surface area contributed by atoms with E-state index in [9.17, 15) is 0 Å². The number of nitrogens with one attached hydrogen (secondary N) is 1. The van der Waals surface area contributed by atoms with Gasteiger partial charge in [0.2, 0.25) is 0 Å². The first-order valence-electron chi connectivity index (χ1n) is 7.64. The van der Waals surface area contributed by atoms with Crippen LogP contribution in [0.5, 0.6) is 0 Å². The lowest BCUT2D eigenvalue weighted by Crippen LogP contribution is -2.34. The van der Waals surface area contributed by atoms with E-state index in [1.54, 1.807) is 0 Å². The predicted octanol–water partition coefficient (Wildman–Crippen LogP) is 3.43. The standard InChI is InChI=1S/C19H22N2/c20-19-10-4-9-16-14-17(11-12-18(16)19)21-13-5-8-15-6-2-1-3-7-15/h1-10,17,21H,11-14,20H2/b8-5+. The van der Waals surface area contributed by atoms with E-state index < -0.39 is 0 Å². The number of nitrogen functional groups attached to an aromatic ring is 1. The van der Waals surface area contributed by atoms with Crippen LogP contribution in [0, 0.1) is 0 Å². The highest BCUT2D eigenvalue weighted by Gasteiger charge is 2.18. The van der Waals surface area contributed by atoms with Crippen LogP contribution >= 0.6 is 0 Å². The van der Waals surface area contributed by atoms with Crippen molar-refractivity contribution in [1.82, 2.24) is 5.32 Å². The molecule has 0 radical (unpaired) electrons.